The molecular formula is C15H30N2. The van der Waals surface area contributed by atoms with Gasteiger partial charge in [-0.05, 0) is 44.6 Å². The van der Waals surface area contributed by atoms with Crippen LogP contribution in [-0.2, 0) is 0 Å². The van der Waals surface area contributed by atoms with Crippen LogP contribution in [0.4, 0.5) is 0 Å². The Bertz CT molecular complexity index is 213. The van der Waals surface area contributed by atoms with Crippen molar-refractivity contribution in [3.8, 4) is 0 Å². The topological polar surface area (TPSA) is 15.3 Å². The van der Waals surface area contributed by atoms with Crippen molar-refractivity contribution in [1.82, 2.24) is 10.2 Å². The van der Waals surface area contributed by atoms with Crippen molar-refractivity contribution in [2.75, 3.05) is 19.6 Å². The molecule has 1 N–H and O–H groups in total. The molecule has 0 saturated heterocycles. The van der Waals surface area contributed by atoms with Crippen LogP contribution in [0.5, 0.6) is 0 Å². The summed E-state index contributed by atoms with van der Waals surface area (Å²) in [5.74, 6) is 0.959. The fourth-order valence-electron chi connectivity index (χ4n) is 3.14. The molecule has 0 amide bonds. The molecule has 0 bridgehead atoms. The summed E-state index contributed by atoms with van der Waals surface area (Å²) in [5, 5.41) is 3.79. The molecule has 2 fully saturated rings. The van der Waals surface area contributed by atoms with Gasteiger partial charge in [0.25, 0.3) is 0 Å². The van der Waals surface area contributed by atoms with Gasteiger partial charge in [0.2, 0.25) is 0 Å². The zero-order valence-corrected chi connectivity index (χ0v) is 11.8. The second kappa shape index (κ2) is 6.75. The van der Waals surface area contributed by atoms with Gasteiger partial charge in [-0.3, -0.25) is 4.90 Å². The molecule has 0 radical (unpaired) electrons. The van der Waals surface area contributed by atoms with Gasteiger partial charge >= 0.3 is 0 Å². The van der Waals surface area contributed by atoms with Gasteiger partial charge in [-0.25, -0.2) is 0 Å². The molecule has 0 aromatic carbocycles. The van der Waals surface area contributed by atoms with Gasteiger partial charge in [-0.15, -0.1) is 0 Å². The Kier molecular flexibility index (Phi) is 5.30. The zero-order valence-electron chi connectivity index (χ0n) is 11.8. The molecule has 2 rings (SSSR count). The molecule has 0 aromatic rings. The molecule has 2 heteroatoms. The summed E-state index contributed by atoms with van der Waals surface area (Å²) >= 11 is 0. The summed E-state index contributed by atoms with van der Waals surface area (Å²) < 4.78 is 0. The van der Waals surface area contributed by atoms with Gasteiger partial charge in [-0.1, -0.05) is 26.7 Å². The molecule has 0 aromatic heterocycles. The van der Waals surface area contributed by atoms with Crippen LogP contribution in [0.15, 0.2) is 0 Å². The van der Waals surface area contributed by atoms with E-state index in [1.807, 2.05) is 0 Å². The molecule has 0 spiro atoms. The summed E-state index contributed by atoms with van der Waals surface area (Å²) in [7, 11) is 0. The monoisotopic (exact) mass is 238 g/mol. The molecule has 2 nitrogen and oxygen atoms in total. The predicted octanol–water partition coefficient (Wildman–Crippen LogP) is 3.03. The van der Waals surface area contributed by atoms with Crippen molar-refractivity contribution in [2.45, 2.75) is 70.9 Å². The minimum absolute atomic E-state index is 0.804. The Morgan fingerprint density at radius 2 is 1.88 bits per heavy atom. The molecule has 2 saturated carbocycles. The number of likely N-dealkylation sites (N-methyl/N-ethyl adjacent to an activating group) is 1. The van der Waals surface area contributed by atoms with Crippen molar-refractivity contribution < 1.29 is 0 Å². The predicted molar refractivity (Wildman–Crippen MR) is 74.3 cm³/mol. The van der Waals surface area contributed by atoms with Crippen LogP contribution >= 0.6 is 0 Å². The van der Waals surface area contributed by atoms with Crippen molar-refractivity contribution in [3.63, 3.8) is 0 Å². The normalized spacial score (nSPS) is 30.5. The van der Waals surface area contributed by atoms with Crippen LogP contribution in [0.2, 0.25) is 0 Å². The second-order valence-electron chi connectivity index (χ2n) is 6.12. The third-order valence-corrected chi connectivity index (χ3v) is 4.56. The summed E-state index contributed by atoms with van der Waals surface area (Å²) in [6.45, 7) is 8.39. The summed E-state index contributed by atoms with van der Waals surface area (Å²) in [4.78, 5) is 2.65. The maximum Gasteiger partial charge on any atom is 0.0110 e. The van der Waals surface area contributed by atoms with Crippen LogP contribution in [0.1, 0.15) is 58.8 Å². The molecule has 2 atom stereocenters. The third-order valence-electron chi connectivity index (χ3n) is 4.56. The Morgan fingerprint density at radius 1 is 1.06 bits per heavy atom. The van der Waals surface area contributed by atoms with Gasteiger partial charge < -0.3 is 5.32 Å². The average Bonchev–Trinajstić information content (AvgIpc) is 3.14. The van der Waals surface area contributed by atoms with E-state index in [0.29, 0.717) is 0 Å². The minimum atomic E-state index is 0.804. The number of nitrogens with one attached hydrogen (secondary N) is 1. The van der Waals surface area contributed by atoms with E-state index in [1.165, 1.54) is 64.6 Å². The number of nitrogens with zero attached hydrogens (tertiary/aromatic N) is 1. The summed E-state index contributed by atoms with van der Waals surface area (Å²) in [5.41, 5.74) is 0. The standard InChI is InChI=1S/C15H30N2/c1-3-17(15-9-10-15)12-11-16-14-6-4-5-13(2)7-8-14/h13-16H,3-12H2,1-2H3. The van der Waals surface area contributed by atoms with Gasteiger partial charge in [0.15, 0.2) is 0 Å². The Labute approximate surface area is 107 Å². The van der Waals surface area contributed by atoms with E-state index in [0.717, 1.165) is 18.0 Å². The van der Waals surface area contributed by atoms with E-state index in [-0.39, 0.29) is 0 Å². The fraction of sp³-hybridized carbons (Fsp3) is 1.00. The zero-order chi connectivity index (χ0) is 12.1. The van der Waals surface area contributed by atoms with Crippen molar-refractivity contribution in [1.29, 1.82) is 0 Å². The van der Waals surface area contributed by atoms with Crippen LogP contribution in [0, 0.1) is 5.92 Å². The first-order valence-corrected chi connectivity index (χ1v) is 7.77. The first-order valence-electron chi connectivity index (χ1n) is 7.77. The van der Waals surface area contributed by atoms with Crippen molar-refractivity contribution in [3.05, 3.63) is 0 Å². The van der Waals surface area contributed by atoms with E-state index < -0.39 is 0 Å². The minimum Gasteiger partial charge on any atom is -0.313 e. The van der Waals surface area contributed by atoms with Gasteiger partial charge in [0.05, 0.1) is 0 Å². The Balaban J connectivity index is 1.60. The summed E-state index contributed by atoms with van der Waals surface area (Å²) in [6, 6.07) is 1.73. The third kappa shape index (κ3) is 4.59. The van der Waals surface area contributed by atoms with Crippen LogP contribution < -0.4 is 5.32 Å². The maximum atomic E-state index is 3.79. The molecule has 2 aliphatic carbocycles. The van der Waals surface area contributed by atoms with Gasteiger partial charge in [0.1, 0.15) is 0 Å². The molecule has 0 aliphatic heterocycles. The molecule has 2 unspecified atom stereocenters. The largest absolute Gasteiger partial charge is 0.313 e. The first-order chi connectivity index (χ1) is 8.29. The smallest absolute Gasteiger partial charge is 0.0110 e. The molecular weight excluding hydrogens is 208 g/mol. The van der Waals surface area contributed by atoms with Crippen LogP contribution in [0.3, 0.4) is 0 Å². The van der Waals surface area contributed by atoms with Gasteiger partial charge in [-0.2, -0.15) is 0 Å². The van der Waals surface area contributed by atoms with E-state index in [1.54, 1.807) is 0 Å². The average molecular weight is 238 g/mol. The van der Waals surface area contributed by atoms with Crippen LogP contribution in [0.25, 0.3) is 0 Å². The van der Waals surface area contributed by atoms with E-state index in [2.05, 4.69) is 24.1 Å². The molecule has 17 heavy (non-hydrogen) atoms. The number of hydrogen-bond acceptors (Lipinski definition) is 2. The lowest BCUT2D eigenvalue weighted by Crippen LogP contribution is -2.38. The highest BCUT2D eigenvalue weighted by Gasteiger charge is 2.27. The van der Waals surface area contributed by atoms with Crippen molar-refractivity contribution >= 4 is 0 Å². The van der Waals surface area contributed by atoms with E-state index in [4.69, 9.17) is 0 Å². The highest BCUT2D eigenvalue weighted by molar-refractivity contribution is 4.84. The molecule has 100 valence electrons. The molecule has 0 heterocycles. The lowest BCUT2D eigenvalue weighted by Gasteiger charge is -2.22. The number of hydrogen-bond donors (Lipinski definition) is 1. The van der Waals surface area contributed by atoms with Crippen LogP contribution in [-0.4, -0.2) is 36.6 Å². The van der Waals surface area contributed by atoms with Gasteiger partial charge in [0, 0.05) is 25.2 Å². The lowest BCUT2D eigenvalue weighted by atomic mass is 10.0. The fourth-order valence-corrected chi connectivity index (χ4v) is 3.14. The number of rotatable bonds is 6. The van der Waals surface area contributed by atoms with E-state index >= 15 is 0 Å². The SMILES string of the molecule is CCN(CCNC1CCCC(C)CC1)C1CC1. The Hall–Kier alpha value is -0.0800. The van der Waals surface area contributed by atoms with E-state index in [9.17, 15) is 0 Å². The second-order valence-corrected chi connectivity index (χ2v) is 6.12. The first kappa shape index (κ1) is 13.4. The lowest BCUT2D eigenvalue weighted by molar-refractivity contribution is 0.269. The maximum absolute atomic E-state index is 3.79. The molecule has 2 aliphatic rings. The van der Waals surface area contributed by atoms with Crippen molar-refractivity contribution in [2.24, 2.45) is 5.92 Å². The summed E-state index contributed by atoms with van der Waals surface area (Å²) in [6.07, 6.45) is 9.98. The highest BCUT2D eigenvalue weighted by atomic mass is 15.2. The Morgan fingerprint density at radius 3 is 2.59 bits per heavy atom. The quantitative estimate of drug-likeness (QED) is 0.716. The highest BCUT2D eigenvalue weighted by Crippen LogP contribution is 2.26.